The molecule has 3 aliphatic heterocycles. The molecule has 164 valence electrons. The highest BCUT2D eigenvalue weighted by Crippen LogP contribution is 2.50. The monoisotopic (exact) mass is 491 g/mol. The lowest BCUT2D eigenvalue weighted by molar-refractivity contribution is -0.150. The number of nitrogens with zero attached hydrogens (tertiary/aromatic N) is 3. The van der Waals surface area contributed by atoms with Gasteiger partial charge < -0.3 is 9.15 Å². The van der Waals surface area contributed by atoms with Crippen molar-refractivity contribution in [2.45, 2.75) is 44.5 Å². The first kappa shape index (κ1) is 20.1. The first-order valence-corrected chi connectivity index (χ1v) is 12.1. The van der Waals surface area contributed by atoms with E-state index < -0.39 is 5.72 Å². The van der Waals surface area contributed by atoms with Gasteiger partial charge in [0.25, 0.3) is 0 Å². The number of piperidine rings is 1. The number of likely N-dealkylation sites (tertiary alicyclic amines) is 1. The smallest absolute Gasteiger partial charge is 0.200 e. The second-order valence-electron chi connectivity index (χ2n) is 9.01. The Morgan fingerprint density at radius 1 is 1.06 bits per heavy atom. The summed E-state index contributed by atoms with van der Waals surface area (Å²) in [5, 5.41) is 7.35. The van der Waals surface area contributed by atoms with E-state index in [0.717, 1.165) is 66.4 Å². The largest absolute Gasteiger partial charge is 0.466 e. The Labute approximate surface area is 196 Å². The summed E-state index contributed by atoms with van der Waals surface area (Å²) in [6, 6.07) is 21.3. The minimum atomic E-state index is -0.415. The molecule has 6 heteroatoms. The molecule has 1 atom stereocenters. The standard InChI is InChI=1S/C26H26BrN3O2/c1-18-7-9-25(31-18)22-16-23-21-15-20(27)8-10-24(21)32-26(30(23)28-22)11-13-29(14-12-26)17-19-5-3-2-4-6-19/h2-10,15,23H,11-14,16-17H2,1H3. The molecule has 0 saturated carbocycles. The molecule has 4 heterocycles. The maximum Gasteiger partial charge on any atom is 0.200 e. The summed E-state index contributed by atoms with van der Waals surface area (Å²) in [5.74, 6) is 2.76. The Morgan fingerprint density at radius 2 is 1.88 bits per heavy atom. The van der Waals surface area contributed by atoms with Crippen LogP contribution >= 0.6 is 15.9 Å². The van der Waals surface area contributed by atoms with E-state index in [-0.39, 0.29) is 6.04 Å². The number of halogens is 1. The molecule has 5 nitrogen and oxygen atoms in total. The summed E-state index contributed by atoms with van der Waals surface area (Å²) in [6.07, 6.45) is 2.66. The summed E-state index contributed by atoms with van der Waals surface area (Å²) >= 11 is 3.64. The molecule has 0 amide bonds. The van der Waals surface area contributed by atoms with Gasteiger partial charge in [-0.05, 0) is 42.8 Å². The molecule has 1 unspecified atom stereocenters. The Hall–Kier alpha value is -2.57. The summed E-state index contributed by atoms with van der Waals surface area (Å²) in [7, 11) is 0. The van der Waals surface area contributed by atoms with Gasteiger partial charge in [-0.25, -0.2) is 5.01 Å². The van der Waals surface area contributed by atoms with Crippen LogP contribution in [0.4, 0.5) is 0 Å². The van der Waals surface area contributed by atoms with Crippen LogP contribution in [0.2, 0.25) is 0 Å². The Kier molecular flexibility index (Phi) is 4.88. The number of rotatable bonds is 3. The van der Waals surface area contributed by atoms with E-state index in [0.29, 0.717) is 0 Å². The van der Waals surface area contributed by atoms with Crippen LogP contribution in [0.25, 0.3) is 0 Å². The molecule has 0 aliphatic carbocycles. The molecule has 1 fully saturated rings. The van der Waals surface area contributed by atoms with E-state index in [4.69, 9.17) is 14.3 Å². The highest BCUT2D eigenvalue weighted by Gasteiger charge is 2.52. The van der Waals surface area contributed by atoms with Gasteiger partial charge in [-0.2, -0.15) is 5.10 Å². The van der Waals surface area contributed by atoms with Crippen LogP contribution in [-0.4, -0.2) is 34.4 Å². The van der Waals surface area contributed by atoms with Crippen molar-refractivity contribution in [3.8, 4) is 5.75 Å². The third-order valence-corrected chi connectivity index (χ3v) is 7.36. The predicted molar refractivity (Wildman–Crippen MR) is 128 cm³/mol. The third kappa shape index (κ3) is 3.46. The van der Waals surface area contributed by atoms with Gasteiger partial charge in [-0.15, -0.1) is 0 Å². The maximum absolute atomic E-state index is 6.76. The van der Waals surface area contributed by atoms with Gasteiger partial charge in [0.1, 0.15) is 23.0 Å². The Morgan fingerprint density at radius 3 is 2.62 bits per heavy atom. The average Bonchev–Trinajstić information content (AvgIpc) is 3.44. The van der Waals surface area contributed by atoms with E-state index in [1.165, 1.54) is 11.1 Å². The molecular formula is C26H26BrN3O2. The van der Waals surface area contributed by atoms with Crippen LogP contribution in [0.1, 0.15) is 48.0 Å². The average molecular weight is 492 g/mol. The van der Waals surface area contributed by atoms with Crippen LogP contribution in [0.5, 0.6) is 5.75 Å². The number of benzene rings is 2. The first-order chi connectivity index (χ1) is 15.6. The fourth-order valence-electron chi connectivity index (χ4n) is 5.22. The molecule has 1 spiro atoms. The number of ether oxygens (including phenoxy) is 1. The Balaban J connectivity index is 1.31. The van der Waals surface area contributed by atoms with Crippen molar-refractivity contribution in [3.63, 3.8) is 0 Å². The van der Waals surface area contributed by atoms with E-state index in [1.807, 2.05) is 19.1 Å². The zero-order valence-corrected chi connectivity index (χ0v) is 19.7. The maximum atomic E-state index is 6.76. The molecule has 3 aromatic rings. The highest BCUT2D eigenvalue weighted by atomic mass is 79.9. The summed E-state index contributed by atoms with van der Waals surface area (Å²) in [6.45, 7) is 4.92. The molecule has 0 bridgehead atoms. The van der Waals surface area contributed by atoms with Crippen molar-refractivity contribution in [2.75, 3.05) is 13.1 Å². The van der Waals surface area contributed by atoms with Crippen molar-refractivity contribution < 1.29 is 9.15 Å². The lowest BCUT2D eigenvalue weighted by Crippen LogP contribution is -2.59. The Bertz CT molecular complexity index is 1160. The van der Waals surface area contributed by atoms with E-state index in [9.17, 15) is 0 Å². The molecule has 6 rings (SSSR count). The normalized spacial score (nSPS) is 21.8. The number of furan rings is 1. The fraction of sp³-hybridized carbons (Fsp3) is 0.346. The van der Waals surface area contributed by atoms with Gasteiger partial charge in [0.15, 0.2) is 0 Å². The second kappa shape index (κ2) is 7.78. The number of hydrazone groups is 1. The number of fused-ring (bicyclic) bond motifs is 4. The van der Waals surface area contributed by atoms with Crippen molar-refractivity contribution in [1.29, 1.82) is 0 Å². The summed E-state index contributed by atoms with van der Waals surface area (Å²) in [4.78, 5) is 2.52. The molecular weight excluding hydrogens is 466 g/mol. The molecule has 0 radical (unpaired) electrons. The molecule has 1 aromatic heterocycles. The van der Waals surface area contributed by atoms with Gasteiger partial charge in [-0.3, -0.25) is 4.90 Å². The van der Waals surface area contributed by atoms with Crippen molar-refractivity contribution in [3.05, 3.63) is 87.8 Å². The first-order valence-electron chi connectivity index (χ1n) is 11.3. The highest BCUT2D eigenvalue weighted by molar-refractivity contribution is 9.10. The van der Waals surface area contributed by atoms with Gasteiger partial charge in [0, 0.05) is 48.9 Å². The zero-order chi connectivity index (χ0) is 21.7. The van der Waals surface area contributed by atoms with Gasteiger partial charge >= 0.3 is 0 Å². The minimum absolute atomic E-state index is 0.164. The summed E-state index contributed by atoms with van der Waals surface area (Å²) in [5.41, 5.74) is 3.14. The number of aryl methyl sites for hydroxylation is 1. The molecule has 2 aromatic carbocycles. The fourth-order valence-corrected chi connectivity index (χ4v) is 5.60. The molecule has 32 heavy (non-hydrogen) atoms. The van der Waals surface area contributed by atoms with Crippen LogP contribution in [0.3, 0.4) is 0 Å². The van der Waals surface area contributed by atoms with Crippen LogP contribution < -0.4 is 4.74 Å². The summed E-state index contributed by atoms with van der Waals surface area (Å²) < 4.78 is 13.8. The lowest BCUT2D eigenvalue weighted by atomic mass is 9.91. The quantitative estimate of drug-likeness (QED) is 0.458. The van der Waals surface area contributed by atoms with Gasteiger partial charge in [0.05, 0.1) is 6.04 Å². The van der Waals surface area contributed by atoms with Gasteiger partial charge in [0.2, 0.25) is 5.72 Å². The van der Waals surface area contributed by atoms with Gasteiger partial charge in [-0.1, -0.05) is 46.3 Å². The molecule has 1 saturated heterocycles. The third-order valence-electron chi connectivity index (χ3n) is 6.87. The van der Waals surface area contributed by atoms with Crippen LogP contribution in [0.15, 0.2) is 74.7 Å². The number of hydrogen-bond donors (Lipinski definition) is 0. The van der Waals surface area contributed by atoms with Crippen molar-refractivity contribution >= 4 is 21.6 Å². The predicted octanol–water partition coefficient (Wildman–Crippen LogP) is 5.89. The van der Waals surface area contributed by atoms with E-state index in [2.05, 4.69) is 74.4 Å². The minimum Gasteiger partial charge on any atom is -0.466 e. The SMILES string of the molecule is Cc1ccc(C2=NN3C(C2)c2cc(Br)ccc2OC32CCN(Cc3ccccc3)CC2)o1. The lowest BCUT2D eigenvalue weighted by Gasteiger charge is -2.51. The topological polar surface area (TPSA) is 41.2 Å². The van der Waals surface area contributed by atoms with Crippen molar-refractivity contribution in [1.82, 2.24) is 9.91 Å². The molecule has 3 aliphatic rings. The van der Waals surface area contributed by atoms with Crippen LogP contribution in [0, 0.1) is 6.92 Å². The molecule has 0 N–H and O–H groups in total. The van der Waals surface area contributed by atoms with Crippen LogP contribution in [-0.2, 0) is 6.54 Å². The zero-order valence-electron chi connectivity index (χ0n) is 18.1. The van der Waals surface area contributed by atoms with Crippen molar-refractivity contribution in [2.24, 2.45) is 5.10 Å². The van der Waals surface area contributed by atoms with E-state index >= 15 is 0 Å². The second-order valence-corrected chi connectivity index (χ2v) is 9.93. The van der Waals surface area contributed by atoms with E-state index in [1.54, 1.807) is 0 Å². The number of hydrogen-bond acceptors (Lipinski definition) is 5.